The Kier molecular flexibility index (Phi) is 3.88. The maximum atomic E-state index is 12.0. The molecule has 0 spiro atoms. The van der Waals surface area contributed by atoms with Crippen molar-refractivity contribution >= 4 is 27.5 Å². The van der Waals surface area contributed by atoms with E-state index in [0.29, 0.717) is 37.0 Å². The summed E-state index contributed by atoms with van der Waals surface area (Å²) in [4.78, 5) is 0. The van der Waals surface area contributed by atoms with E-state index in [-0.39, 0.29) is 0 Å². The summed E-state index contributed by atoms with van der Waals surface area (Å²) in [5, 5.41) is 0.379. The molecule has 1 aliphatic rings. The number of nitrogens with one attached hydrogen (secondary N) is 1. The van der Waals surface area contributed by atoms with Gasteiger partial charge in [0, 0.05) is 13.1 Å². The quantitative estimate of drug-likeness (QED) is 0.906. The molecule has 0 bridgehead atoms. The Balaban J connectivity index is 2.14. The molecule has 94 valence electrons. The maximum Gasteiger partial charge on any atom is 0.301 e. The van der Waals surface area contributed by atoms with Crippen molar-refractivity contribution in [1.29, 1.82) is 0 Å². The molecule has 1 N–H and O–H groups in total. The predicted molar refractivity (Wildman–Crippen MR) is 66.4 cm³/mol. The lowest BCUT2D eigenvalue weighted by atomic mass is 10.3. The van der Waals surface area contributed by atoms with Gasteiger partial charge in [0.05, 0.1) is 23.9 Å². The fraction of sp³-hybridized carbons (Fsp3) is 0.400. The number of rotatable bonds is 3. The molecule has 0 radical (unpaired) electrons. The lowest BCUT2D eigenvalue weighted by Crippen LogP contribution is -2.43. The van der Waals surface area contributed by atoms with Crippen molar-refractivity contribution in [3.05, 3.63) is 29.3 Å². The molecule has 1 fully saturated rings. The minimum atomic E-state index is -3.54. The highest BCUT2D eigenvalue weighted by atomic mass is 35.5. The third-order valence-corrected chi connectivity index (χ3v) is 4.28. The summed E-state index contributed by atoms with van der Waals surface area (Å²) >= 11 is 5.90. The van der Waals surface area contributed by atoms with Gasteiger partial charge in [-0.3, -0.25) is 4.72 Å². The number of para-hydroxylation sites is 1. The summed E-state index contributed by atoms with van der Waals surface area (Å²) < 4.78 is 32.9. The lowest BCUT2D eigenvalue weighted by Gasteiger charge is -2.26. The van der Waals surface area contributed by atoms with Crippen LogP contribution in [0.5, 0.6) is 0 Å². The second-order valence-corrected chi connectivity index (χ2v) is 5.68. The van der Waals surface area contributed by atoms with Crippen LogP contribution in [0.1, 0.15) is 0 Å². The van der Waals surface area contributed by atoms with Crippen LogP contribution in [0.2, 0.25) is 5.02 Å². The Labute approximate surface area is 106 Å². The molecule has 17 heavy (non-hydrogen) atoms. The van der Waals surface area contributed by atoms with Gasteiger partial charge in [0.2, 0.25) is 0 Å². The van der Waals surface area contributed by atoms with Crippen LogP contribution in [0, 0.1) is 0 Å². The second kappa shape index (κ2) is 5.22. The van der Waals surface area contributed by atoms with Crippen LogP contribution in [0.3, 0.4) is 0 Å². The third kappa shape index (κ3) is 3.10. The van der Waals surface area contributed by atoms with Crippen molar-refractivity contribution in [1.82, 2.24) is 4.31 Å². The Hall–Kier alpha value is -0.820. The minimum Gasteiger partial charge on any atom is -0.379 e. The number of hydrogen-bond acceptors (Lipinski definition) is 3. The first-order valence-electron chi connectivity index (χ1n) is 5.20. The largest absolute Gasteiger partial charge is 0.379 e. The van der Waals surface area contributed by atoms with Crippen molar-refractivity contribution in [2.75, 3.05) is 31.0 Å². The fourth-order valence-corrected chi connectivity index (χ4v) is 2.99. The van der Waals surface area contributed by atoms with E-state index in [2.05, 4.69) is 4.72 Å². The summed E-state index contributed by atoms with van der Waals surface area (Å²) in [6.07, 6.45) is 0. The molecule has 2 rings (SSSR count). The summed E-state index contributed by atoms with van der Waals surface area (Å²) in [6, 6.07) is 6.73. The lowest BCUT2D eigenvalue weighted by molar-refractivity contribution is 0.0733. The Morgan fingerprint density at radius 3 is 2.53 bits per heavy atom. The van der Waals surface area contributed by atoms with Crippen molar-refractivity contribution in [2.45, 2.75) is 0 Å². The number of halogens is 1. The highest BCUT2D eigenvalue weighted by Gasteiger charge is 2.24. The first-order chi connectivity index (χ1) is 8.09. The van der Waals surface area contributed by atoms with Crippen LogP contribution < -0.4 is 4.72 Å². The monoisotopic (exact) mass is 276 g/mol. The Morgan fingerprint density at radius 1 is 1.24 bits per heavy atom. The van der Waals surface area contributed by atoms with Gasteiger partial charge in [-0.2, -0.15) is 12.7 Å². The molecule has 5 nitrogen and oxygen atoms in total. The molecular formula is C10H13ClN2O3S. The van der Waals surface area contributed by atoms with Gasteiger partial charge in [-0.15, -0.1) is 0 Å². The molecule has 1 aromatic rings. The average molecular weight is 277 g/mol. The van der Waals surface area contributed by atoms with Crippen LogP contribution in [0.25, 0.3) is 0 Å². The molecule has 0 amide bonds. The SMILES string of the molecule is O=S(=O)(Nc1ccccc1Cl)N1CCOCC1. The molecule has 0 aromatic heterocycles. The van der Waals surface area contributed by atoms with Crippen LogP contribution in [-0.4, -0.2) is 39.0 Å². The number of morpholine rings is 1. The second-order valence-electron chi connectivity index (χ2n) is 3.60. The van der Waals surface area contributed by atoms with Gasteiger partial charge in [-0.1, -0.05) is 23.7 Å². The van der Waals surface area contributed by atoms with Crippen molar-refractivity contribution in [2.24, 2.45) is 0 Å². The van der Waals surface area contributed by atoms with Crippen LogP contribution in [0.15, 0.2) is 24.3 Å². The third-order valence-electron chi connectivity index (χ3n) is 2.42. The normalized spacial score (nSPS) is 17.9. The van der Waals surface area contributed by atoms with E-state index in [1.165, 1.54) is 4.31 Å². The molecule has 1 aliphatic heterocycles. The zero-order chi connectivity index (χ0) is 12.3. The highest BCUT2D eigenvalue weighted by molar-refractivity contribution is 7.90. The van der Waals surface area contributed by atoms with Crippen molar-refractivity contribution in [3.8, 4) is 0 Å². The summed E-state index contributed by atoms with van der Waals surface area (Å²) in [7, 11) is -3.54. The summed E-state index contributed by atoms with van der Waals surface area (Å²) in [5.41, 5.74) is 0.389. The smallest absolute Gasteiger partial charge is 0.301 e. The number of ether oxygens (including phenoxy) is 1. The maximum absolute atomic E-state index is 12.0. The van der Waals surface area contributed by atoms with Crippen LogP contribution >= 0.6 is 11.6 Å². The van der Waals surface area contributed by atoms with E-state index in [9.17, 15) is 8.42 Å². The van der Waals surface area contributed by atoms with E-state index in [0.717, 1.165) is 0 Å². The molecule has 7 heteroatoms. The van der Waals surface area contributed by atoms with E-state index in [1.807, 2.05) is 0 Å². The first kappa shape index (κ1) is 12.6. The summed E-state index contributed by atoms with van der Waals surface area (Å²) in [6.45, 7) is 1.56. The van der Waals surface area contributed by atoms with Crippen LogP contribution in [-0.2, 0) is 14.9 Å². The number of nitrogens with zero attached hydrogens (tertiary/aromatic N) is 1. The van der Waals surface area contributed by atoms with Crippen molar-refractivity contribution in [3.63, 3.8) is 0 Å². The predicted octanol–water partition coefficient (Wildman–Crippen LogP) is 1.33. The van der Waals surface area contributed by atoms with Gasteiger partial charge in [-0.25, -0.2) is 0 Å². The first-order valence-corrected chi connectivity index (χ1v) is 7.01. The molecule has 0 unspecified atom stereocenters. The van der Waals surface area contributed by atoms with Gasteiger partial charge < -0.3 is 4.74 Å². The number of hydrogen-bond donors (Lipinski definition) is 1. The average Bonchev–Trinajstić information content (AvgIpc) is 2.33. The van der Waals surface area contributed by atoms with Crippen LogP contribution in [0.4, 0.5) is 5.69 Å². The number of anilines is 1. The van der Waals surface area contributed by atoms with E-state index in [1.54, 1.807) is 24.3 Å². The molecule has 0 saturated carbocycles. The number of benzene rings is 1. The van der Waals surface area contributed by atoms with Crippen molar-refractivity contribution < 1.29 is 13.2 Å². The fourth-order valence-electron chi connectivity index (χ4n) is 1.53. The summed E-state index contributed by atoms with van der Waals surface area (Å²) in [5.74, 6) is 0. The van der Waals surface area contributed by atoms with Gasteiger partial charge >= 0.3 is 10.2 Å². The Bertz CT molecular complexity index is 486. The van der Waals surface area contributed by atoms with Gasteiger partial charge in [-0.05, 0) is 12.1 Å². The standard InChI is InChI=1S/C10H13ClN2O3S/c11-9-3-1-2-4-10(9)12-17(14,15)13-5-7-16-8-6-13/h1-4,12H,5-8H2. The zero-order valence-corrected chi connectivity index (χ0v) is 10.7. The van der Waals surface area contributed by atoms with E-state index < -0.39 is 10.2 Å². The molecule has 0 aliphatic carbocycles. The van der Waals surface area contributed by atoms with E-state index in [4.69, 9.17) is 16.3 Å². The Morgan fingerprint density at radius 2 is 1.88 bits per heavy atom. The molecule has 0 atom stereocenters. The topological polar surface area (TPSA) is 58.6 Å². The zero-order valence-electron chi connectivity index (χ0n) is 9.10. The molecule has 1 aromatic carbocycles. The highest BCUT2D eigenvalue weighted by Crippen LogP contribution is 2.22. The van der Waals surface area contributed by atoms with E-state index >= 15 is 0 Å². The molecule has 1 saturated heterocycles. The van der Waals surface area contributed by atoms with Gasteiger partial charge in [0.1, 0.15) is 0 Å². The molecule has 1 heterocycles. The minimum absolute atomic E-state index is 0.361. The van der Waals surface area contributed by atoms with Gasteiger partial charge in [0.25, 0.3) is 0 Å². The van der Waals surface area contributed by atoms with Gasteiger partial charge in [0.15, 0.2) is 0 Å². The molecular weight excluding hydrogens is 264 g/mol.